The van der Waals surface area contributed by atoms with Crippen LogP contribution in [-0.4, -0.2) is 24.6 Å². The number of anilines is 1. The third-order valence-electron chi connectivity index (χ3n) is 3.23. The fourth-order valence-electron chi connectivity index (χ4n) is 2.07. The van der Waals surface area contributed by atoms with Gasteiger partial charge < -0.3 is 9.88 Å². The van der Waals surface area contributed by atoms with Gasteiger partial charge >= 0.3 is 0 Å². The van der Waals surface area contributed by atoms with Gasteiger partial charge in [0.1, 0.15) is 11.5 Å². The van der Waals surface area contributed by atoms with Crippen LogP contribution in [0.3, 0.4) is 0 Å². The van der Waals surface area contributed by atoms with Crippen molar-refractivity contribution in [3.63, 3.8) is 0 Å². The van der Waals surface area contributed by atoms with Crippen molar-refractivity contribution in [1.29, 1.82) is 0 Å². The summed E-state index contributed by atoms with van der Waals surface area (Å²) in [5, 5.41) is 2.22. The number of aromatic nitrogens is 1. The van der Waals surface area contributed by atoms with E-state index in [1.807, 2.05) is 0 Å². The molecule has 1 heterocycles. The molecule has 1 amide bonds. The molecule has 136 valence electrons. The van der Waals surface area contributed by atoms with Crippen molar-refractivity contribution >= 4 is 21.4 Å². The van der Waals surface area contributed by atoms with Gasteiger partial charge in [-0.2, -0.15) is 0 Å². The quantitative estimate of drug-likeness (QED) is 0.886. The predicted octanol–water partition coefficient (Wildman–Crippen LogP) is 3.54. The molecular formula is C18H23FN2O3S. The van der Waals surface area contributed by atoms with Crippen molar-refractivity contribution in [2.24, 2.45) is 12.5 Å². The Morgan fingerprint density at radius 3 is 2.76 bits per heavy atom. The molecule has 0 bridgehead atoms. The number of nitrogens with one attached hydrogen (secondary N) is 1. The lowest BCUT2D eigenvalue weighted by Gasteiger charge is -2.17. The van der Waals surface area contributed by atoms with Crippen LogP contribution in [0.2, 0.25) is 0 Å². The summed E-state index contributed by atoms with van der Waals surface area (Å²) in [5.74, 6) is -3.64. The summed E-state index contributed by atoms with van der Waals surface area (Å²) in [7, 11) is -3.67. The Morgan fingerprint density at radius 1 is 1.44 bits per heavy atom. The third kappa shape index (κ3) is 4.69. The molecule has 1 aromatic heterocycles. The number of rotatable bonds is 4. The largest absolute Gasteiger partial charge is 0.345 e. The van der Waals surface area contributed by atoms with Crippen molar-refractivity contribution in [3.8, 4) is 0 Å². The van der Waals surface area contributed by atoms with E-state index in [4.69, 9.17) is 15.1 Å². The van der Waals surface area contributed by atoms with E-state index in [0.29, 0.717) is 0 Å². The number of aryl methyl sites for hydroxylation is 1. The Bertz CT molecular complexity index is 1260. The molecule has 0 unspecified atom stereocenters. The first-order chi connectivity index (χ1) is 16.0. The van der Waals surface area contributed by atoms with Crippen LogP contribution in [0.4, 0.5) is 10.1 Å². The number of hydrogen-bond acceptors (Lipinski definition) is 3. The maximum atomic E-state index is 13.7. The van der Waals surface area contributed by atoms with Gasteiger partial charge in [-0.1, -0.05) is 20.6 Å². The maximum Gasteiger partial charge on any atom is 0.272 e. The van der Waals surface area contributed by atoms with Gasteiger partial charge in [0, 0.05) is 31.3 Å². The third-order valence-corrected chi connectivity index (χ3v) is 4.99. The van der Waals surface area contributed by atoms with E-state index in [1.165, 1.54) is 14.0 Å². The highest BCUT2D eigenvalue weighted by Crippen LogP contribution is 2.24. The van der Waals surface area contributed by atoms with Gasteiger partial charge in [-0.3, -0.25) is 4.79 Å². The molecule has 0 aliphatic carbocycles. The summed E-state index contributed by atoms with van der Waals surface area (Å²) in [4.78, 5) is 12.1. The van der Waals surface area contributed by atoms with E-state index in [9.17, 15) is 17.6 Å². The second-order valence-electron chi connectivity index (χ2n) is 5.55. The van der Waals surface area contributed by atoms with Crippen LogP contribution < -0.4 is 5.32 Å². The van der Waals surface area contributed by atoms with E-state index in [1.54, 1.807) is 0 Å². The Labute approximate surface area is 163 Å². The van der Waals surface area contributed by atoms with E-state index < -0.39 is 70.3 Å². The summed E-state index contributed by atoms with van der Waals surface area (Å²) in [6.45, 7) is -9.95. The van der Waals surface area contributed by atoms with Gasteiger partial charge in [-0.15, -0.1) is 0 Å². The standard InChI is InChI=1S/C18H23FN2O3S/c1-12-8-13(6-7-15(12)19)20-17(22)16-9-14(10-21(16)5)25(23,24)11-18(2,3)4/h6-10H,11H2,1-5H3,(H,20,22)/i2D3,3D3,4D3,6D,8D. The van der Waals surface area contributed by atoms with Gasteiger partial charge in [0.2, 0.25) is 0 Å². The van der Waals surface area contributed by atoms with Crippen LogP contribution in [-0.2, 0) is 16.9 Å². The van der Waals surface area contributed by atoms with Gasteiger partial charge in [-0.05, 0) is 42.1 Å². The molecule has 1 N–H and O–H groups in total. The average molecular weight is 378 g/mol. The minimum Gasteiger partial charge on any atom is -0.345 e. The lowest BCUT2D eigenvalue weighted by Crippen LogP contribution is -2.20. The van der Waals surface area contributed by atoms with Crippen molar-refractivity contribution in [3.05, 3.63) is 47.5 Å². The molecule has 2 rings (SSSR count). The fourth-order valence-corrected chi connectivity index (χ4v) is 3.42. The minimum absolute atomic E-state index is 0.146. The van der Waals surface area contributed by atoms with Crippen molar-refractivity contribution in [2.75, 3.05) is 11.1 Å². The molecule has 0 saturated carbocycles. The van der Waals surface area contributed by atoms with Crippen LogP contribution in [0.1, 0.15) is 51.7 Å². The molecule has 0 fully saturated rings. The number of halogens is 1. The number of sulfone groups is 1. The molecule has 7 heteroatoms. The molecule has 25 heavy (non-hydrogen) atoms. The predicted molar refractivity (Wildman–Crippen MR) is 96.0 cm³/mol. The maximum absolute atomic E-state index is 13.7. The zero-order chi connectivity index (χ0) is 28.2. The number of hydrogen-bond donors (Lipinski definition) is 1. The zero-order valence-electron chi connectivity index (χ0n) is 24.4. The Morgan fingerprint density at radius 2 is 2.12 bits per heavy atom. The van der Waals surface area contributed by atoms with Gasteiger partial charge in [0.05, 0.1) is 13.4 Å². The van der Waals surface area contributed by atoms with Gasteiger partial charge in [0.25, 0.3) is 5.91 Å². The zero-order valence-corrected chi connectivity index (χ0v) is 14.2. The topological polar surface area (TPSA) is 68.2 Å². The van der Waals surface area contributed by atoms with E-state index in [-0.39, 0.29) is 16.9 Å². The number of amides is 1. The summed E-state index contributed by atoms with van der Waals surface area (Å²) >= 11 is 0. The van der Waals surface area contributed by atoms with Crippen molar-refractivity contribution < 1.29 is 32.7 Å². The van der Waals surface area contributed by atoms with Crippen molar-refractivity contribution in [2.45, 2.75) is 32.4 Å². The van der Waals surface area contributed by atoms with Gasteiger partial charge in [-0.25, -0.2) is 12.8 Å². The molecule has 0 radical (unpaired) electrons. The average Bonchev–Trinajstić information content (AvgIpc) is 3.07. The van der Waals surface area contributed by atoms with E-state index in [2.05, 4.69) is 5.32 Å². The monoisotopic (exact) mass is 377 g/mol. The molecule has 5 nitrogen and oxygen atoms in total. The number of carbonyl (C=O) groups excluding carboxylic acids is 1. The number of nitrogens with zero attached hydrogens (tertiary/aromatic N) is 1. The Hall–Kier alpha value is -2.15. The fraction of sp³-hybridized carbons (Fsp3) is 0.389. The highest BCUT2D eigenvalue weighted by atomic mass is 32.2. The Kier molecular flexibility index (Phi) is 2.38. The lowest BCUT2D eigenvalue weighted by atomic mass is 10.0. The number of carbonyl (C=O) groups is 1. The summed E-state index contributed by atoms with van der Waals surface area (Å²) < 4.78 is 125. The molecular weight excluding hydrogens is 343 g/mol. The molecule has 0 saturated heterocycles. The van der Waals surface area contributed by atoms with Crippen molar-refractivity contribution in [1.82, 2.24) is 4.57 Å². The molecule has 0 spiro atoms. The van der Waals surface area contributed by atoms with Gasteiger partial charge in [0.15, 0.2) is 9.84 Å². The molecule has 0 atom stereocenters. The van der Waals surface area contributed by atoms with E-state index in [0.717, 1.165) is 22.9 Å². The number of benzene rings is 1. The second-order valence-corrected chi connectivity index (χ2v) is 7.54. The molecule has 2 aromatic rings. The van der Waals surface area contributed by atoms with Crippen LogP contribution >= 0.6 is 0 Å². The SMILES string of the molecule is [2H]c1cc(F)c(C)c([2H])c1NC(=O)c1cc(S(=O)(=O)CC(C([2H])([2H])[2H])(C([2H])([2H])[2H])C([2H])([2H])[2H])cn1C. The van der Waals surface area contributed by atoms with Crippen LogP contribution in [0.25, 0.3) is 0 Å². The lowest BCUT2D eigenvalue weighted by molar-refractivity contribution is 0.101. The highest BCUT2D eigenvalue weighted by Gasteiger charge is 2.26. The summed E-state index contributed by atoms with van der Waals surface area (Å²) in [6, 6.07) is 0.559. The normalized spacial score (nSPS) is 20.2. The molecule has 0 aliphatic rings. The second kappa shape index (κ2) is 6.63. The smallest absolute Gasteiger partial charge is 0.272 e. The first kappa shape index (κ1) is 8.98. The van der Waals surface area contributed by atoms with E-state index >= 15 is 0 Å². The first-order valence-corrected chi connectivity index (χ1v) is 8.60. The highest BCUT2D eigenvalue weighted by molar-refractivity contribution is 7.91. The van der Waals surface area contributed by atoms with Crippen LogP contribution in [0.5, 0.6) is 0 Å². The summed E-state index contributed by atoms with van der Waals surface area (Å²) in [6.07, 6.45) is 0.868. The first-order valence-electron chi connectivity index (χ1n) is 12.4. The Balaban J connectivity index is 2.56. The van der Waals surface area contributed by atoms with Crippen LogP contribution in [0, 0.1) is 18.2 Å². The molecule has 0 aliphatic heterocycles. The van der Waals surface area contributed by atoms with Crippen LogP contribution in [0.15, 0.2) is 35.3 Å². The summed E-state index contributed by atoms with van der Waals surface area (Å²) in [5.41, 5.74) is -4.49. The minimum atomic E-state index is -4.91. The molecule has 1 aromatic carbocycles.